The summed E-state index contributed by atoms with van der Waals surface area (Å²) in [4.78, 5) is 24.3. The zero-order valence-electron chi connectivity index (χ0n) is 17.8. The average Bonchev–Trinajstić information content (AvgIpc) is 2.81. The predicted octanol–water partition coefficient (Wildman–Crippen LogP) is 1.21. The van der Waals surface area contributed by atoms with Crippen LogP contribution in [0.4, 0.5) is 5.82 Å². The maximum Gasteiger partial charge on any atom is 0.270 e. The van der Waals surface area contributed by atoms with Gasteiger partial charge in [0.05, 0.1) is 0 Å². The third kappa shape index (κ3) is 5.36. The van der Waals surface area contributed by atoms with Gasteiger partial charge < -0.3 is 20.4 Å². The molecule has 0 bridgehead atoms. The van der Waals surface area contributed by atoms with E-state index < -0.39 is 0 Å². The van der Waals surface area contributed by atoms with Crippen molar-refractivity contribution in [1.82, 2.24) is 25.4 Å². The lowest BCUT2D eigenvalue weighted by molar-refractivity contribution is 0.0936. The molecule has 2 N–H and O–H groups in total. The number of rotatable bonds is 6. The van der Waals surface area contributed by atoms with Crippen LogP contribution in [-0.4, -0.2) is 86.6 Å². The monoisotopic (exact) mass is 408 g/mol. The molecule has 0 saturated carbocycles. The van der Waals surface area contributed by atoms with Gasteiger partial charge in [-0.15, -0.1) is 0 Å². The number of nitrogens with one attached hydrogen (secondary N) is 2. The number of benzene rings is 1. The molecule has 30 heavy (non-hydrogen) atoms. The first kappa shape index (κ1) is 20.8. The van der Waals surface area contributed by atoms with Crippen LogP contribution in [0.15, 0.2) is 48.5 Å². The van der Waals surface area contributed by atoms with E-state index in [1.54, 1.807) is 6.07 Å². The molecule has 2 saturated heterocycles. The van der Waals surface area contributed by atoms with Crippen LogP contribution in [0.1, 0.15) is 22.1 Å². The van der Waals surface area contributed by atoms with E-state index in [0.29, 0.717) is 12.2 Å². The zero-order chi connectivity index (χ0) is 20.8. The summed E-state index contributed by atoms with van der Waals surface area (Å²) in [5.41, 5.74) is 1.76. The van der Waals surface area contributed by atoms with Gasteiger partial charge in [-0.3, -0.25) is 9.69 Å². The third-order valence-corrected chi connectivity index (χ3v) is 5.98. The van der Waals surface area contributed by atoms with Gasteiger partial charge in [0.25, 0.3) is 5.91 Å². The van der Waals surface area contributed by atoms with Crippen molar-refractivity contribution in [2.75, 3.05) is 70.9 Å². The van der Waals surface area contributed by atoms with E-state index in [1.807, 2.05) is 18.2 Å². The van der Waals surface area contributed by atoms with Crippen LogP contribution in [0.25, 0.3) is 0 Å². The van der Waals surface area contributed by atoms with Crippen LogP contribution in [0.5, 0.6) is 0 Å². The Labute approximate surface area is 179 Å². The molecule has 1 amide bonds. The Morgan fingerprint density at radius 2 is 1.87 bits per heavy atom. The van der Waals surface area contributed by atoms with Gasteiger partial charge in [-0.25, -0.2) is 4.98 Å². The molecule has 2 aliphatic heterocycles. The number of hydrogen-bond donors (Lipinski definition) is 2. The Kier molecular flexibility index (Phi) is 6.94. The van der Waals surface area contributed by atoms with Gasteiger partial charge in [0.2, 0.25) is 0 Å². The summed E-state index contributed by atoms with van der Waals surface area (Å²) in [6.07, 6.45) is 0. The second-order valence-electron chi connectivity index (χ2n) is 8.15. The Morgan fingerprint density at radius 3 is 2.67 bits per heavy atom. The van der Waals surface area contributed by atoms with E-state index in [2.05, 4.69) is 61.6 Å². The molecule has 1 atom stereocenters. The topological polar surface area (TPSA) is 63.7 Å². The van der Waals surface area contributed by atoms with Gasteiger partial charge >= 0.3 is 0 Å². The molecule has 7 heteroatoms. The van der Waals surface area contributed by atoms with Gasteiger partial charge in [-0.2, -0.15) is 0 Å². The van der Waals surface area contributed by atoms with E-state index in [1.165, 1.54) is 5.56 Å². The molecular formula is C23H32N6O. The van der Waals surface area contributed by atoms with Crippen LogP contribution >= 0.6 is 0 Å². The number of amides is 1. The van der Waals surface area contributed by atoms with Crippen molar-refractivity contribution < 1.29 is 4.79 Å². The summed E-state index contributed by atoms with van der Waals surface area (Å²) >= 11 is 0. The van der Waals surface area contributed by atoms with Crippen LogP contribution in [0, 0.1) is 0 Å². The largest absolute Gasteiger partial charge is 0.353 e. The predicted molar refractivity (Wildman–Crippen MR) is 120 cm³/mol. The third-order valence-electron chi connectivity index (χ3n) is 5.98. The van der Waals surface area contributed by atoms with E-state index in [-0.39, 0.29) is 11.9 Å². The molecule has 2 aromatic rings. The second kappa shape index (κ2) is 10.0. The van der Waals surface area contributed by atoms with Crippen LogP contribution < -0.4 is 15.5 Å². The summed E-state index contributed by atoms with van der Waals surface area (Å²) < 4.78 is 0. The minimum atomic E-state index is -0.0966. The van der Waals surface area contributed by atoms with Gasteiger partial charge in [0, 0.05) is 64.9 Å². The highest BCUT2D eigenvalue weighted by atomic mass is 16.1. The van der Waals surface area contributed by atoms with E-state index >= 15 is 0 Å². The number of nitrogens with zero attached hydrogens (tertiary/aromatic N) is 4. The van der Waals surface area contributed by atoms with Gasteiger partial charge in [-0.05, 0) is 24.7 Å². The maximum absolute atomic E-state index is 12.6. The molecule has 7 nitrogen and oxygen atoms in total. The molecule has 160 valence electrons. The molecule has 3 heterocycles. The number of hydrogen-bond acceptors (Lipinski definition) is 6. The lowest BCUT2D eigenvalue weighted by atomic mass is 10.0. The Balaban J connectivity index is 1.32. The lowest BCUT2D eigenvalue weighted by Crippen LogP contribution is -2.47. The number of piperazine rings is 2. The molecular weight excluding hydrogens is 376 g/mol. The van der Waals surface area contributed by atoms with Crippen molar-refractivity contribution in [1.29, 1.82) is 0 Å². The van der Waals surface area contributed by atoms with Gasteiger partial charge in [0.15, 0.2) is 0 Å². The van der Waals surface area contributed by atoms with Crippen molar-refractivity contribution in [3.63, 3.8) is 0 Å². The van der Waals surface area contributed by atoms with Crippen molar-refractivity contribution in [3.8, 4) is 0 Å². The first-order valence-corrected chi connectivity index (χ1v) is 10.9. The fraction of sp³-hybridized carbons (Fsp3) is 0.478. The SMILES string of the molecule is CN1CCN(CCNC(=O)c2cccc(N3CCNC(c4ccccc4)C3)n2)CC1. The number of carbonyl (C=O) groups is 1. The molecule has 1 aromatic heterocycles. The van der Waals surface area contributed by atoms with Crippen LogP contribution in [-0.2, 0) is 0 Å². The summed E-state index contributed by atoms with van der Waals surface area (Å²) in [5.74, 6) is 0.768. The highest BCUT2D eigenvalue weighted by molar-refractivity contribution is 5.92. The summed E-state index contributed by atoms with van der Waals surface area (Å²) in [6.45, 7) is 8.45. The Morgan fingerprint density at radius 1 is 1.07 bits per heavy atom. The van der Waals surface area contributed by atoms with Crippen molar-refractivity contribution in [3.05, 3.63) is 59.8 Å². The number of likely N-dealkylation sites (N-methyl/N-ethyl adjacent to an activating group) is 1. The summed E-state index contributed by atoms with van der Waals surface area (Å²) in [5, 5.41) is 6.61. The molecule has 4 rings (SSSR count). The van der Waals surface area contributed by atoms with Crippen LogP contribution in [0.2, 0.25) is 0 Å². The van der Waals surface area contributed by atoms with Gasteiger partial charge in [0.1, 0.15) is 11.5 Å². The average molecular weight is 409 g/mol. The van der Waals surface area contributed by atoms with E-state index in [0.717, 1.165) is 58.2 Å². The molecule has 0 radical (unpaired) electrons. The van der Waals surface area contributed by atoms with Crippen molar-refractivity contribution >= 4 is 11.7 Å². The van der Waals surface area contributed by atoms with E-state index in [4.69, 9.17) is 0 Å². The quantitative estimate of drug-likeness (QED) is 0.749. The van der Waals surface area contributed by atoms with Crippen LogP contribution in [0.3, 0.4) is 0 Å². The fourth-order valence-electron chi connectivity index (χ4n) is 4.08. The fourth-order valence-corrected chi connectivity index (χ4v) is 4.08. The minimum Gasteiger partial charge on any atom is -0.353 e. The summed E-state index contributed by atoms with van der Waals surface area (Å²) in [6, 6.07) is 16.5. The standard InChI is InChI=1S/C23H32N6O/c1-27-14-16-28(17-15-27)12-10-25-23(30)20-8-5-9-22(26-20)29-13-11-24-21(18-29)19-6-3-2-4-7-19/h2-9,21,24H,10-18H2,1H3,(H,25,30). The molecule has 0 spiro atoms. The number of anilines is 1. The number of pyridine rings is 1. The molecule has 1 aromatic carbocycles. The molecule has 0 aliphatic carbocycles. The zero-order valence-corrected chi connectivity index (χ0v) is 17.8. The smallest absolute Gasteiger partial charge is 0.270 e. The number of carbonyl (C=O) groups excluding carboxylic acids is 1. The highest BCUT2D eigenvalue weighted by Crippen LogP contribution is 2.21. The molecule has 2 aliphatic rings. The van der Waals surface area contributed by atoms with Gasteiger partial charge in [-0.1, -0.05) is 36.4 Å². The first-order chi connectivity index (χ1) is 14.7. The normalized spacial score (nSPS) is 20.8. The Bertz CT molecular complexity index is 821. The lowest BCUT2D eigenvalue weighted by Gasteiger charge is -2.35. The molecule has 2 fully saturated rings. The second-order valence-corrected chi connectivity index (χ2v) is 8.15. The highest BCUT2D eigenvalue weighted by Gasteiger charge is 2.22. The minimum absolute atomic E-state index is 0.0966. The van der Waals surface area contributed by atoms with Crippen molar-refractivity contribution in [2.45, 2.75) is 6.04 Å². The Hall–Kier alpha value is -2.48. The first-order valence-electron chi connectivity index (χ1n) is 10.9. The molecule has 1 unspecified atom stereocenters. The maximum atomic E-state index is 12.6. The number of aromatic nitrogens is 1. The van der Waals surface area contributed by atoms with Crippen molar-refractivity contribution in [2.24, 2.45) is 0 Å². The van der Waals surface area contributed by atoms with E-state index in [9.17, 15) is 4.79 Å². The summed E-state index contributed by atoms with van der Waals surface area (Å²) in [7, 11) is 2.15.